The van der Waals surface area contributed by atoms with Crippen LogP contribution in [0.15, 0.2) is 30.6 Å². The van der Waals surface area contributed by atoms with Gasteiger partial charge >= 0.3 is 0 Å². The molecule has 2 aromatic rings. The monoisotopic (exact) mass is 356 g/mol. The number of methoxy groups -OCH3 is 1. The van der Waals surface area contributed by atoms with E-state index in [1.165, 1.54) is 0 Å². The third kappa shape index (κ3) is 5.62. The average Bonchev–Trinajstić information content (AvgIpc) is 2.88. The first-order chi connectivity index (χ1) is 11.1. The molecule has 0 saturated carbocycles. The second-order valence-electron chi connectivity index (χ2n) is 5.12. The summed E-state index contributed by atoms with van der Waals surface area (Å²) in [7, 11) is 3.67. The Morgan fingerprint density at radius 1 is 1.26 bits per heavy atom. The minimum atomic E-state index is 0.579. The highest BCUT2D eigenvalue weighted by Gasteiger charge is 2.05. The van der Waals surface area contributed by atoms with Crippen molar-refractivity contribution in [1.82, 2.24) is 19.2 Å². The topological polar surface area (TPSA) is 44.5 Å². The molecule has 0 spiro atoms. The van der Waals surface area contributed by atoms with Gasteiger partial charge in [-0.1, -0.05) is 11.6 Å². The molecule has 0 aliphatic rings. The van der Waals surface area contributed by atoms with Gasteiger partial charge in [-0.2, -0.15) is 5.10 Å². The van der Waals surface area contributed by atoms with Crippen molar-refractivity contribution in [1.29, 1.82) is 0 Å². The molecular weight excluding hydrogens is 336 g/mol. The molecule has 0 aliphatic carbocycles. The smallest absolute Gasteiger partial charge is 0.198 e. The molecule has 1 heterocycles. The molecule has 6 nitrogen and oxygen atoms in total. The number of rotatable bonds is 9. The summed E-state index contributed by atoms with van der Waals surface area (Å²) in [6, 6.07) is 7.34. The maximum Gasteiger partial charge on any atom is 0.198 e. The van der Waals surface area contributed by atoms with Crippen LogP contribution >= 0.6 is 23.8 Å². The van der Waals surface area contributed by atoms with Crippen molar-refractivity contribution >= 4 is 23.8 Å². The van der Waals surface area contributed by atoms with Crippen LogP contribution in [0.3, 0.4) is 0 Å². The van der Waals surface area contributed by atoms with E-state index in [1.54, 1.807) is 18.1 Å². The van der Waals surface area contributed by atoms with Gasteiger partial charge in [-0.3, -0.25) is 4.90 Å². The van der Waals surface area contributed by atoms with Crippen LogP contribution in [0.1, 0.15) is 0 Å². The highest BCUT2D eigenvalue weighted by molar-refractivity contribution is 7.71. The summed E-state index contributed by atoms with van der Waals surface area (Å²) in [5, 5.41) is 5.01. The Morgan fingerprint density at radius 2 is 2.00 bits per heavy atom. The predicted molar refractivity (Wildman–Crippen MR) is 92.5 cm³/mol. The molecule has 0 amide bonds. The molecule has 23 heavy (non-hydrogen) atoms. The summed E-state index contributed by atoms with van der Waals surface area (Å²) in [6.07, 6.45) is 1.74. The van der Waals surface area contributed by atoms with Gasteiger partial charge in [-0.05, 0) is 43.5 Å². The first kappa shape index (κ1) is 17.9. The Labute approximate surface area is 146 Å². The van der Waals surface area contributed by atoms with Crippen molar-refractivity contribution < 1.29 is 9.47 Å². The standard InChI is InChI=1S/C15H21ClN4O2S/c1-18(7-10-22-14-5-3-13(16)4-6-14)12-20-15(23)19(11-17-20)8-9-21-2/h3-6,11H,7-10,12H2,1-2H3. The minimum absolute atomic E-state index is 0.579. The molecule has 0 atom stereocenters. The molecule has 8 heteroatoms. The Hall–Kier alpha value is -1.41. The maximum atomic E-state index is 5.84. The number of aromatic nitrogens is 3. The number of ether oxygens (including phenoxy) is 2. The molecular formula is C15H21ClN4O2S. The zero-order valence-corrected chi connectivity index (χ0v) is 14.9. The summed E-state index contributed by atoms with van der Waals surface area (Å²) in [4.78, 5) is 2.10. The zero-order valence-electron chi connectivity index (χ0n) is 13.3. The van der Waals surface area contributed by atoms with Crippen molar-refractivity contribution in [3.8, 4) is 5.75 Å². The molecule has 0 bridgehead atoms. The van der Waals surface area contributed by atoms with Gasteiger partial charge in [0.25, 0.3) is 0 Å². The molecule has 0 N–H and O–H groups in total. The fourth-order valence-electron chi connectivity index (χ4n) is 1.96. The maximum absolute atomic E-state index is 5.84. The van der Waals surface area contributed by atoms with Crippen LogP contribution < -0.4 is 4.74 Å². The molecule has 0 fully saturated rings. The van der Waals surface area contributed by atoms with E-state index >= 15 is 0 Å². The lowest BCUT2D eigenvalue weighted by molar-refractivity contribution is 0.185. The van der Waals surface area contributed by atoms with E-state index in [2.05, 4.69) is 10.00 Å². The normalized spacial score (nSPS) is 11.1. The van der Waals surface area contributed by atoms with Crippen LogP contribution in [-0.4, -0.2) is 53.2 Å². The molecule has 1 aromatic heterocycles. The fraction of sp³-hybridized carbons (Fsp3) is 0.467. The van der Waals surface area contributed by atoms with Gasteiger partial charge in [0.05, 0.1) is 13.3 Å². The molecule has 126 valence electrons. The third-order valence-corrected chi connectivity index (χ3v) is 3.96. The predicted octanol–water partition coefficient (Wildman–Crippen LogP) is 2.68. The summed E-state index contributed by atoms with van der Waals surface area (Å²) >= 11 is 11.2. The Balaban J connectivity index is 1.78. The quantitative estimate of drug-likeness (QED) is 0.646. The van der Waals surface area contributed by atoms with E-state index in [1.807, 2.05) is 35.9 Å². The molecule has 1 aromatic carbocycles. The number of hydrogen-bond donors (Lipinski definition) is 0. The number of nitrogens with zero attached hydrogens (tertiary/aromatic N) is 4. The van der Waals surface area contributed by atoms with Crippen LogP contribution in [0.2, 0.25) is 5.02 Å². The van der Waals surface area contributed by atoms with Gasteiger partial charge < -0.3 is 14.0 Å². The van der Waals surface area contributed by atoms with E-state index in [9.17, 15) is 0 Å². The molecule has 0 radical (unpaired) electrons. The SMILES string of the molecule is COCCn1cnn(CN(C)CCOc2ccc(Cl)cc2)c1=S. The lowest BCUT2D eigenvalue weighted by Crippen LogP contribution is -2.27. The summed E-state index contributed by atoms with van der Waals surface area (Å²) in [5.74, 6) is 0.809. The second kappa shape index (κ2) is 9.02. The van der Waals surface area contributed by atoms with Gasteiger partial charge in [0, 0.05) is 25.2 Å². The molecule has 2 rings (SSSR count). The van der Waals surface area contributed by atoms with Crippen LogP contribution in [0, 0.1) is 4.77 Å². The van der Waals surface area contributed by atoms with Crippen LogP contribution in [0.25, 0.3) is 0 Å². The van der Waals surface area contributed by atoms with Gasteiger partial charge in [0.2, 0.25) is 0 Å². The van der Waals surface area contributed by atoms with Gasteiger partial charge in [0.1, 0.15) is 18.7 Å². The van der Waals surface area contributed by atoms with Crippen molar-refractivity contribution in [2.24, 2.45) is 0 Å². The van der Waals surface area contributed by atoms with Crippen LogP contribution in [0.4, 0.5) is 0 Å². The van der Waals surface area contributed by atoms with Gasteiger partial charge in [-0.25, -0.2) is 4.68 Å². The van der Waals surface area contributed by atoms with E-state index in [-0.39, 0.29) is 0 Å². The van der Waals surface area contributed by atoms with E-state index < -0.39 is 0 Å². The number of hydrogen-bond acceptors (Lipinski definition) is 5. The van der Waals surface area contributed by atoms with Crippen molar-refractivity contribution in [2.75, 3.05) is 33.9 Å². The summed E-state index contributed by atoms with van der Waals surface area (Å²) < 4.78 is 15.1. The Kier molecular flexibility index (Phi) is 7.04. The van der Waals surface area contributed by atoms with E-state index in [0.717, 1.165) is 12.3 Å². The largest absolute Gasteiger partial charge is 0.492 e. The number of halogens is 1. The Morgan fingerprint density at radius 3 is 2.70 bits per heavy atom. The molecule has 0 saturated heterocycles. The fourth-order valence-corrected chi connectivity index (χ4v) is 2.33. The zero-order chi connectivity index (χ0) is 16.7. The van der Waals surface area contributed by atoms with E-state index in [4.69, 9.17) is 33.3 Å². The van der Waals surface area contributed by atoms with Gasteiger partial charge in [-0.15, -0.1) is 0 Å². The minimum Gasteiger partial charge on any atom is -0.492 e. The molecule has 0 aliphatic heterocycles. The van der Waals surface area contributed by atoms with Crippen molar-refractivity contribution in [3.63, 3.8) is 0 Å². The summed E-state index contributed by atoms with van der Waals surface area (Å²) in [6.45, 7) is 3.28. The highest BCUT2D eigenvalue weighted by atomic mass is 35.5. The van der Waals surface area contributed by atoms with Crippen molar-refractivity contribution in [2.45, 2.75) is 13.2 Å². The second-order valence-corrected chi connectivity index (χ2v) is 5.92. The lowest BCUT2D eigenvalue weighted by atomic mass is 10.3. The molecule has 0 unspecified atom stereocenters. The first-order valence-corrected chi connectivity index (χ1v) is 8.07. The first-order valence-electron chi connectivity index (χ1n) is 7.28. The third-order valence-electron chi connectivity index (χ3n) is 3.26. The Bertz CT molecular complexity index is 656. The van der Waals surface area contributed by atoms with Crippen molar-refractivity contribution in [3.05, 3.63) is 40.4 Å². The highest BCUT2D eigenvalue weighted by Crippen LogP contribution is 2.15. The lowest BCUT2D eigenvalue weighted by Gasteiger charge is -2.16. The van der Waals surface area contributed by atoms with E-state index in [0.29, 0.717) is 36.2 Å². The van der Waals surface area contributed by atoms with Crippen LogP contribution in [0.5, 0.6) is 5.75 Å². The van der Waals surface area contributed by atoms with Gasteiger partial charge in [0.15, 0.2) is 4.77 Å². The van der Waals surface area contributed by atoms with Crippen LogP contribution in [-0.2, 0) is 18.0 Å². The number of benzene rings is 1. The number of likely N-dealkylation sites (N-methyl/N-ethyl adjacent to an activating group) is 1. The summed E-state index contributed by atoms with van der Waals surface area (Å²) in [5.41, 5.74) is 0. The average molecular weight is 357 g/mol.